The number of aliphatic hydroxyl groups excluding tert-OH is 1. The van der Waals surface area contributed by atoms with E-state index in [2.05, 4.69) is 21.2 Å². The second-order valence-electron chi connectivity index (χ2n) is 4.26. The zero-order chi connectivity index (χ0) is 13.5. The van der Waals surface area contributed by atoms with Crippen molar-refractivity contribution in [3.63, 3.8) is 0 Å². The Balaban J connectivity index is 2.78. The number of hydrogen-bond donors (Lipinski definition) is 3. The highest BCUT2D eigenvalue weighted by Gasteiger charge is 2.14. The highest BCUT2D eigenvalue weighted by molar-refractivity contribution is 9.10. The first-order chi connectivity index (χ1) is 8.62. The molecule has 0 aromatic heterocycles. The van der Waals surface area contributed by atoms with Crippen molar-refractivity contribution in [2.75, 3.05) is 20.3 Å². The van der Waals surface area contributed by atoms with E-state index in [9.17, 15) is 0 Å². The molecular formula is C13H21BrN2O2. The monoisotopic (exact) mass is 316 g/mol. The Kier molecular flexibility index (Phi) is 6.63. The summed E-state index contributed by atoms with van der Waals surface area (Å²) in [5.74, 6) is 0.804. The lowest BCUT2D eigenvalue weighted by atomic mass is 10.1. The molecule has 2 atom stereocenters. The van der Waals surface area contributed by atoms with E-state index in [0.717, 1.165) is 15.8 Å². The summed E-state index contributed by atoms with van der Waals surface area (Å²) in [5, 5.41) is 12.3. The molecule has 0 fully saturated rings. The molecule has 2 unspecified atom stereocenters. The topological polar surface area (TPSA) is 67.5 Å². The molecule has 0 bridgehead atoms. The van der Waals surface area contributed by atoms with Crippen LogP contribution < -0.4 is 15.8 Å². The largest absolute Gasteiger partial charge is 0.496 e. The molecular weight excluding hydrogens is 296 g/mol. The van der Waals surface area contributed by atoms with E-state index in [-0.39, 0.29) is 18.7 Å². The fourth-order valence-corrected chi connectivity index (χ4v) is 2.38. The number of aliphatic hydroxyl groups is 1. The van der Waals surface area contributed by atoms with Gasteiger partial charge in [0.1, 0.15) is 5.75 Å². The lowest BCUT2D eigenvalue weighted by molar-refractivity contribution is 0.263. The molecule has 0 heterocycles. The van der Waals surface area contributed by atoms with Gasteiger partial charge in [0.2, 0.25) is 0 Å². The van der Waals surface area contributed by atoms with Gasteiger partial charge in [0, 0.05) is 25.2 Å². The first kappa shape index (κ1) is 15.4. The van der Waals surface area contributed by atoms with Crippen molar-refractivity contribution in [1.29, 1.82) is 0 Å². The number of halogens is 1. The van der Waals surface area contributed by atoms with Gasteiger partial charge in [-0.25, -0.2) is 0 Å². The summed E-state index contributed by atoms with van der Waals surface area (Å²) in [7, 11) is 1.64. The van der Waals surface area contributed by atoms with E-state index in [1.165, 1.54) is 0 Å². The number of methoxy groups -OCH3 is 1. The van der Waals surface area contributed by atoms with E-state index in [0.29, 0.717) is 13.0 Å². The van der Waals surface area contributed by atoms with Crippen LogP contribution in [0.2, 0.25) is 0 Å². The summed E-state index contributed by atoms with van der Waals surface area (Å²) in [6.07, 6.45) is 0.716. The van der Waals surface area contributed by atoms with Crippen molar-refractivity contribution in [3.05, 3.63) is 28.2 Å². The van der Waals surface area contributed by atoms with Gasteiger partial charge in [0.05, 0.1) is 11.6 Å². The van der Waals surface area contributed by atoms with Crippen LogP contribution in [0.5, 0.6) is 5.75 Å². The Hall–Kier alpha value is -0.620. The van der Waals surface area contributed by atoms with E-state index < -0.39 is 0 Å². The SMILES string of the molecule is COc1ccc(C(CN)NC(C)CCO)cc1Br. The van der Waals surface area contributed by atoms with Crippen LogP contribution in [0.3, 0.4) is 0 Å². The number of benzene rings is 1. The van der Waals surface area contributed by atoms with Gasteiger partial charge < -0.3 is 20.9 Å². The van der Waals surface area contributed by atoms with Gasteiger partial charge in [-0.2, -0.15) is 0 Å². The number of ether oxygens (including phenoxy) is 1. The van der Waals surface area contributed by atoms with Gasteiger partial charge in [-0.15, -0.1) is 0 Å². The van der Waals surface area contributed by atoms with Gasteiger partial charge in [-0.05, 0) is 47.0 Å². The van der Waals surface area contributed by atoms with Crippen LogP contribution in [0.25, 0.3) is 0 Å². The van der Waals surface area contributed by atoms with Crippen molar-refractivity contribution >= 4 is 15.9 Å². The van der Waals surface area contributed by atoms with Crippen LogP contribution >= 0.6 is 15.9 Å². The number of hydrogen-bond acceptors (Lipinski definition) is 4. The van der Waals surface area contributed by atoms with Crippen LogP contribution in [-0.2, 0) is 0 Å². The molecule has 0 aliphatic carbocycles. The van der Waals surface area contributed by atoms with Gasteiger partial charge in [-0.3, -0.25) is 0 Å². The average Bonchev–Trinajstić information content (AvgIpc) is 2.36. The highest BCUT2D eigenvalue weighted by atomic mass is 79.9. The van der Waals surface area contributed by atoms with Crippen LogP contribution in [0, 0.1) is 0 Å². The van der Waals surface area contributed by atoms with E-state index in [1.54, 1.807) is 7.11 Å². The molecule has 18 heavy (non-hydrogen) atoms. The third-order valence-electron chi connectivity index (χ3n) is 2.86. The first-order valence-corrected chi connectivity index (χ1v) is 6.82. The quantitative estimate of drug-likeness (QED) is 0.718. The minimum absolute atomic E-state index is 0.0776. The number of rotatable bonds is 7. The summed E-state index contributed by atoms with van der Waals surface area (Å²) >= 11 is 3.47. The molecule has 0 saturated carbocycles. The standard InChI is InChI=1S/C13H21BrN2O2/c1-9(5-6-17)16-12(8-15)10-3-4-13(18-2)11(14)7-10/h3-4,7,9,12,16-17H,5-6,8,15H2,1-2H3. The van der Waals surface area contributed by atoms with Crippen molar-refractivity contribution in [2.24, 2.45) is 5.73 Å². The van der Waals surface area contributed by atoms with Crippen molar-refractivity contribution in [3.8, 4) is 5.75 Å². The maximum absolute atomic E-state index is 8.91. The molecule has 0 aliphatic heterocycles. The molecule has 1 rings (SSSR count). The fraction of sp³-hybridized carbons (Fsp3) is 0.538. The Labute approximate surface area is 117 Å². The summed E-state index contributed by atoms with van der Waals surface area (Å²) in [5.41, 5.74) is 6.90. The van der Waals surface area contributed by atoms with E-state index >= 15 is 0 Å². The van der Waals surface area contributed by atoms with Crippen LogP contribution in [-0.4, -0.2) is 31.4 Å². The maximum Gasteiger partial charge on any atom is 0.133 e. The minimum atomic E-state index is 0.0776. The van der Waals surface area contributed by atoms with Gasteiger partial charge in [-0.1, -0.05) is 6.07 Å². The van der Waals surface area contributed by atoms with E-state index in [4.69, 9.17) is 15.6 Å². The zero-order valence-corrected chi connectivity index (χ0v) is 12.4. The second-order valence-corrected chi connectivity index (χ2v) is 5.12. The number of nitrogens with one attached hydrogen (secondary N) is 1. The van der Waals surface area contributed by atoms with Crippen molar-refractivity contribution in [1.82, 2.24) is 5.32 Å². The predicted octanol–water partition coefficient (Wildman–Crippen LogP) is 1.82. The molecule has 4 N–H and O–H groups in total. The summed E-state index contributed by atoms with van der Waals surface area (Å²) in [4.78, 5) is 0. The average molecular weight is 317 g/mol. The molecule has 0 spiro atoms. The Morgan fingerprint density at radius 2 is 2.22 bits per heavy atom. The predicted molar refractivity (Wildman–Crippen MR) is 76.8 cm³/mol. The maximum atomic E-state index is 8.91. The molecule has 1 aromatic rings. The first-order valence-electron chi connectivity index (χ1n) is 6.02. The van der Waals surface area contributed by atoms with Gasteiger partial charge in [0.15, 0.2) is 0 Å². The molecule has 0 aliphatic rings. The highest BCUT2D eigenvalue weighted by Crippen LogP contribution is 2.28. The van der Waals surface area contributed by atoms with Crippen molar-refractivity contribution < 1.29 is 9.84 Å². The molecule has 0 radical (unpaired) electrons. The normalized spacial score (nSPS) is 14.3. The lowest BCUT2D eigenvalue weighted by Crippen LogP contribution is -2.35. The number of nitrogens with two attached hydrogens (primary N) is 1. The van der Waals surface area contributed by atoms with Crippen LogP contribution in [0.4, 0.5) is 0 Å². The smallest absolute Gasteiger partial charge is 0.133 e. The molecule has 5 heteroatoms. The third kappa shape index (κ3) is 4.24. The summed E-state index contributed by atoms with van der Waals surface area (Å²) in [6, 6.07) is 6.23. The Morgan fingerprint density at radius 1 is 1.50 bits per heavy atom. The molecule has 102 valence electrons. The van der Waals surface area contributed by atoms with Gasteiger partial charge in [0.25, 0.3) is 0 Å². The third-order valence-corrected chi connectivity index (χ3v) is 3.48. The molecule has 0 saturated heterocycles. The second kappa shape index (κ2) is 7.74. The minimum Gasteiger partial charge on any atom is -0.496 e. The molecule has 0 amide bonds. The zero-order valence-electron chi connectivity index (χ0n) is 10.8. The summed E-state index contributed by atoms with van der Waals surface area (Å²) in [6.45, 7) is 2.73. The molecule has 4 nitrogen and oxygen atoms in total. The van der Waals surface area contributed by atoms with E-state index in [1.807, 2.05) is 25.1 Å². The Bertz CT molecular complexity index is 374. The molecule has 1 aromatic carbocycles. The van der Waals surface area contributed by atoms with Gasteiger partial charge >= 0.3 is 0 Å². The fourth-order valence-electron chi connectivity index (χ4n) is 1.82. The van der Waals surface area contributed by atoms with Crippen LogP contribution in [0.1, 0.15) is 24.9 Å². The Morgan fingerprint density at radius 3 is 2.72 bits per heavy atom. The van der Waals surface area contributed by atoms with Crippen molar-refractivity contribution in [2.45, 2.75) is 25.4 Å². The van der Waals surface area contributed by atoms with Crippen LogP contribution in [0.15, 0.2) is 22.7 Å². The summed E-state index contributed by atoms with van der Waals surface area (Å²) < 4.78 is 6.12. The lowest BCUT2D eigenvalue weighted by Gasteiger charge is -2.22.